The van der Waals surface area contributed by atoms with Gasteiger partial charge in [0.15, 0.2) is 0 Å². The zero-order chi connectivity index (χ0) is 17.6. The van der Waals surface area contributed by atoms with Gasteiger partial charge in [0, 0.05) is 11.4 Å². The highest BCUT2D eigenvalue weighted by atomic mass is 16.4. The number of amides is 2. The van der Waals surface area contributed by atoms with Gasteiger partial charge in [-0.25, -0.2) is 9.59 Å². The maximum Gasteiger partial charge on any atom is 0.335 e. The van der Waals surface area contributed by atoms with Crippen molar-refractivity contribution in [3.63, 3.8) is 0 Å². The van der Waals surface area contributed by atoms with Crippen LogP contribution in [0.25, 0.3) is 11.1 Å². The van der Waals surface area contributed by atoms with Crippen molar-refractivity contribution in [2.75, 3.05) is 10.6 Å². The van der Waals surface area contributed by atoms with Gasteiger partial charge in [0.1, 0.15) is 0 Å². The van der Waals surface area contributed by atoms with Crippen LogP contribution < -0.4 is 10.6 Å². The van der Waals surface area contributed by atoms with Crippen LogP contribution in [0.15, 0.2) is 78.9 Å². The fourth-order valence-electron chi connectivity index (χ4n) is 2.43. The summed E-state index contributed by atoms with van der Waals surface area (Å²) in [4.78, 5) is 23.1. The average Bonchev–Trinajstić information content (AvgIpc) is 2.63. The van der Waals surface area contributed by atoms with E-state index in [1.54, 1.807) is 18.2 Å². The Morgan fingerprint density at radius 3 is 1.96 bits per heavy atom. The molecule has 0 saturated heterocycles. The smallest absolute Gasteiger partial charge is 0.335 e. The third-order valence-corrected chi connectivity index (χ3v) is 3.59. The number of carbonyl (C=O) groups is 2. The molecule has 0 aliphatic rings. The molecule has 5 heteroatoms. The van der Waals surface area contributed by atoms with Crippen molar-refractivity contribution in [3.8, 4) is 11.1 Å². The van der Waals surface area contributed by atoms with Crippen molar-refractivity contribution in [2.24, 2.45) is 0 Å². The fraction of sp³-hybridized carbons (Fsp3) is 0. The average molecular weight is 332 g/mol. The van der Waals surface area contributed by atoms with Gasteiger partial charge in [-0.1, -0.05) is 48.5 Å². The van der Waals surface area contributed by atoms with Gasteiger partial charge in [-0.2, -0.15) is 0 Å². The highest BCUT2D eigenvalue weighted by molar-refractivity contribution is 6.01. The van der Waals surface area contributed by atoms with E-state index in [1.165, 1.54) is 12.1 Å². The number of urea groups is 1. The number of anilines is 2. The molecule has 0 atom stereocenters. The van der Waals surface area contributed by atoms with E-state index in [2.05, 4.69) is 10.6 Å². The monoisotopic (exact) mass is 332 g/mol. The highest BCUT2D eigenvalue weighted by Gasteiger charge is 2.07. The predicted octanol–water partition coefficient (Wildman–Crippen LogP) is 4.70. The summed E-state index contributed by atoms with van der Waals surface area (Å²) in [5.41, 5.74) is 3.22. The zero-order valence-electron chi connectivity index (χ0n) is 13.3. The van der Waals surface area contributed by atoms with Crippen molar-refractivity contribution in [1.29, 1.82) is 0 Å². The normalized spacial score (nSPS) is 10.1. The Bertz CT molecular complexity index is 908. The van der Waals surface area contributed by atoms with Gasteiger partial charge >= 0.3 is 12.0 Å². The van der Waals surface area contributed by atoms with Gasteiger partial charge < -0.3 is 15.7 Å². The summed E-state index contributed by atoms with van der Waals surface area (Å²) >= 11 is 0. The molecule has 25 heavy (non-hydrogen) atoms. The quantitative estimate of drug-likeness (QED) is 0.648. The molecule has 0 saturated carbocycles. The molecule has 3 aromatic carbocycles. The second-order valence-electron chi connectivity index (χ2n) is 5.41. The summed E-state index contributed by atoms with van der Waals surface area (Å²) in [6.45, 7) is 0. The molecule has 5 nitrogen and oxygen atoms in total. The van der Waals surface area contributed by atoms with E-state index >= 15 is 0 Å². The molecule has 3 aromatic rings. The second kappa shape index (κ2) is 7.31. The lowest BCUT2D eigenvalue weighted by molar-refractivity contribution is 0.0697. The van der Waals surface area contributed by atoms with Crippen LogP contribution in [0.5, 0.6) is 0 Å². The molecule has 0 fully saturated rings. The largest absolute Gasteiger partial charge is 0.478 e. The van der Waals surface area contributed by atoms with Crippen LogP contribution in [0.1, 0.15) is 10.4 Å². The summed E-state index contributed by atoms with van der Waals surface area (Å²) in [6.07, 6.45) is 0. The van der Waals surface area contributed by atoms with Crippen molar-refractivity contribution >= 4 is 23.4 Å². The number of rotatable bonds is 4. The summed E-state index contributed by atoms with van der Waals surface area (Å²) in [6, 6.07) is 23.0. The topological polar surface area (TPSA) is 78.4 Å². The maximum atomic E-state index is 12.1. The second-order valence-corrected chi connectivity index (χ2v) is 5.41. The third-order valence-electron chi connectivity index (χ3n) is 3.59. The lowest BCUT2D eigenvalue weighted by Crippen LogP contribution is -2.19. The Hall–Kier alpha value is -3.60. The molecule has 0 unspecified atom stereocenters. The van der Waals surface area contributed by atoms with Crippen LogP contribution in [0.2, 0.25) is 0 Å². The number of hydrogen-bond donors (Lipinski definition) is 3. The molecule has 3 N–H and O–H groups in total. The molecule has 2 amide bonds. The van der Waals surface area contributed by atoms with Gasteiger partial charge in [-0.05, 0) is 41.5 Å². The zero-order valence-corrected chi connectivity index (χ0v) is 13.3. The lowest BCUT2D eigenvalue weighted by atomic mass is 10.1. The van der Waals surface area contributed by atoms with Crippen LogP contribution in [-0.2, 0) is 0 Å². The van der Waals surface area contributed by atoms with Crippen LogP contribution in [0, 0.1) is 0 Å². The lowest BCUT2D eigenvalue weighted by Gasteiger charge is -2.10. The minimum absolute atomic E-state index is 0.115. The number of carboxylic acids is 1. The summed E-state index contributed by atoms with van der Waals surface area (Å²) < 4.78 is 0. The van der Waals surface area contributed by atoms with Gasteiger partial charge in [0.2, 0.25) is 0 Å². The predicted molar refractivity (Wildman–Crippen MR) is 97.9 cm³/mol. The van der Waals surface area contributed by atoms with Crippen LogP contribution in [-0.4, -0.2) is 17.1 Å². The van der Waals surface area contributed by atoms with Crippen molar-refractivity contribution < 1.29 is 14.7 Å². The Morgan fingerprint density at radius 1 is 0.680 bits per heavy atom. The Balaban J connectivity index is 1.71. The number of aromatic carboxylic acids is 1. The van der Waals surface area contributed by atoms with Crippen molar-refractivity contribution in [1.82, 2.24) is 0 Å². The van der Waals surface area contributed by atoms with E-state index in [0.29, 0.717) is 11.4 Å². The first kappa shape index (κ1) is 16.3. The van der Waals surface area contributed by atoms with Crippen LogP contribution >= 0.6 is 0 Å². The van der Waals surface area contributed by atoms with Crippen molar-refractivity contribution in [2.45, 2.75) is 0 Å². The maximum absolute atomic E-state index is 12.1. The minimum atomic E-state index is -1.04. The number of nitrogens with one attached hydrogen (secondary N) is 2. The van der Waals surface area contributed by atoms with E-state index < -0.39 is 12.0 Å². The molecule has 124 valence electrons. The first-order chi connectivity index (χ1) is 12.1. The van der Waals surface area contributed by atoms with E-state index in [9.17, 15) is 9.59 Å². The standard InChI is InChI=1S/C20H16N2O3/c23-19(24)16-9-5-11-18(13-16)22-20(25)21-17-10-4-8-15(12-17)14-6-2-1-3-7-14/h1-13H,(H,23,24)(H2,21,22,25). The van der Waals surface area contributed by atoms with Gasteiger partial charge in [-0.3, -0.25) is 0 Å². The minimum Gasteiger partial charge on any atom is -0.478 e. The number of benzene rings is 3. The van der Waals surface area contributed by atoms with E-state index in [4.69, 9.17) is 5.11 Å². The van der Waals surface area contributed by atoms with E-state index in [-0.39, 0.29) is 5.56 Å². The van der Waals surface area contributed by atoms with Gasteiger partial charge in [0.25, 0.3) is 0 Å². The molecule has 0 bridgehead atoms. The SMILES string of the molecule is O=C(Nc1cccc(C(=O)O)c1)Nc1cccc(-c2ccccc2)c1. The fourth-order valence-corrected chi connectivity index (χ4v) is 2.43. The molecule has 0 aromatic heterocycles. The Labute approximate surface area is 144 Å². The van der Waals surface area contributed by atoms with E-state index in [0.717, 1.165) is 11.1 Å². The number of carbonyl (C=O) groups excluding carboxylic acids is 1. The van der Waals surface area contributed by atoms with Crippen LogP contribution in [0.4, 0.5) is 16.2 Å². The first-order valence-corrected chi connectivity index (χ1v) is 7.69. The molecular formula is C20H16N2O3. The van der Waals surface area contributed by atoms with E-state index in [1.807, 2.05) is 48.5 Å². The molecule has 0 spiro atoms. The first-order valence-electron chi connectivity index (χ1n) is 7.69. The van der Waals surface area contributed by atoms with Gasteiger partial charge in [0.05, 0.1) is 5.56 Å². The molecule has 0 heterocycles. The summed E-state index contributed by atoms with van der Waals surface area (Å²) in [5, 5.41) is 14.4. The summed E-state index contributed by atoms with van der Waals surface area (Å²) in [7, 11) is 0. The number of carboxylic acid groups (broad SMARTS) is 1. The summed E-state index contributed by atoms with van der Waals surface area (Å²) in [5.74, 6) is -1.04. The van der Waals surface area contributed by atoms with Crippen molar-refractivity contribution in [3.05, 3.63) is 84.4 Å². The molecular weight excluding hydrogens is 316 g/mol. The highest BCUT2D eigenvalue weighted by Crippen LogP contribution is 2.22. The molecule has 0 aliphatic heterocycles. The van der Waals surface area contributed by atoms with Gasteiger partial charge in [-0.15, -0.1) is 0 Å². The Kier molecular flexibility index (Phi) is 4.76. The molecule has 3 rings (SSSR count). The van der Waals surface area contributed by atoms with Crippen LogP contribution in [0.3, 0.4) is 0 Å². The molecule has 0 aliphatic carbocycles. The molecule has 0 radical (unpaired) electrons. The number of hydrogen-bond acceptors (Lipinski definition) is 2. The Morgan fingerprint density at radius 2 is 1.28 bits per heavy atom. The third kappa shape index (κ3) is 4.23.